The van der Waals surface area contributed by atoms with Crippen LogP contribution >= 0.6 is 0 Å². The molecule has 9 nitrogen and oxygen atoms in total. The van der Waals surface area contributed by atoms with Gasteiger partial charge in [0.25, 0.3) is 0 Å². The fourth-order valence-corrected chi connectivity index (χ4v) is 2.46. The van der Waals surface area contributed by atoms with E-state index in [9.17, 15) is 24.3 Å². The van der Waals surface area contributed by atoms with Crippen molar-refractivity contribution in [1.82, 2.24) is 4.90 Å². The number of aliphatic carboxylic acids is 1. The van der Waals surface area contributed by atoms with Gasteiger partial charge < -0.3 is 19.3 Å². The summed E-state index contributed by atoms with van der Waals surface area (Å²) in [5.41, 5.74) is -1.74. The molecule has 30 heavy (non-hydrogen) atoms. The Hall–Kier alpha value is -3.10. The lowest BCUT2D eigenvalue weighted by Gasteiger charge is -2.35. The second-order valence-electron chi connectivity index (χ2n) is 8.55. The summed E-state index contributed by atoms with van der Waals surface area (Å²) in [7, 11) is 0. The van der Waals surface area contributed by atoms with E-state index in [1.54, 1.807) is 59.7 Å². The van der Waals surface area contributed by atoms with Crippen LogP contribution in [0.5, 0.6) is 0 Å². The number of hydrogen-bond donors (Lipinski definition) is 1. The Kier molecular flexibility index (Phi) is 7.98. The Bertz CT molecular complexity index is 748. The molecule has 0 spiro atoms. The standard InChI is InChI=1S/C21H29NO8/c1-13(23)28-16(17(24)25)15(14-11-9-8-10-12-14)22(18(26)29-20(2,3)4)19(27)30-21(5,6)7/h8-12,15-16H,1-7H3,(H,24,25)/t15-,16?/m0/s1. The lowest BCUT2D eigenvalue weighted by Crippen LogP contribution is -2.51. The number of carbonyl (C=O) groups is 4. The number of ether oxygens (including phenoxy) is 3. The van der Waals surface area contributed by atoms with Gasteiger partial charge in [-0.25, -0.2) is 19.3 Å². The first-order valence-corrected chi connectivity index (χ1v) is 9.32. The molecule has 0 aliphatic heterocycles. The van der Waals surface area contributed by atoms with Gasteiger partial charge in [0.05, 0.1) is 0 Å². The van der Waals surface area contributed by atoms with Crippen molar-refractivity contribution in [3.05, 3.63) is 35.9 Å². The van der Waals surface area contributed by atoms with Crippen LogP contribution < -0.4 is 0 Å². The van der Waals surface area contributed by atoms with Crippen LogP contribution in [0, 0.1) is 0 Å². The zero-order valence-electron chi connectivity index (χ0n) is 18.3. The second-order valence-corrected chi connectivity index (χ2v) is 8.55. The van der Waals surface area contributed by atoms with Gasteiger partial charge in [-0.2, -0.15) is 0 Å². The first-order valence-electron chi connectivity index (χ1n) is 9.32. The van der Waals surface area contributed by atoms with Crippen molar-refractivity contribution in [3.63, 3.8) is 0 Å². The van der Waals surface area contributed by atoms with E-state index in [-0.39, 0.29) is 5.56 Å². The van der Waals surface area contributed by atoms with Crippen LogP contribution in [-0.4, -0.2) is 51.4 Å². The van der Waals surface area contributed by atoms with Gasteiger partial charge in [0.2, 0.25) is 6.10 Å². The van der Waals surface area contributed by atoms with Crippen molar-refractivity contribution in [2.75, 3.05) is 0 Å². The van der Waals surface area contributed by atoms with Crippen LogP contribution in [-0.2, 0) is 23.8 Å². The van der Waals surface area contributed by atoms with Crippen LogP contribution in [0.2, 0.25) is 0 Å². The van der Waals surface area contributed by atoms with E-state index in [1.165, 1.54) is 12.1 Å². The molecule has 0 aromatic heterocycles. The third-order valence-corrected chi connectivity index (χ3v) is 3.42. The molecular formula is C21H29NO8. The molecule has 1 unspecified atom stereocenters. The summed E-state index contributed by atoms with van der Waals surface area (Å²) in [5, 5.41) is 9.72. The van der Waals surface area contributed by atoms with Crippen molar-refractivity contribution in [1.29, 1.82) is 0 Å². The maximum atomic E-state index is 13.0. The molecule has 0 saturated carbocycles. The van der Waals surface area contributed by atoms with Crippen molar-refractivity contribution >= 4 is 24.1 Å². The monoisotopic (exact) mass is 423 g/mol. The Labute approximate surface area is 175 Å². The van der Waals surface area contributed by atoms with Crippen LogP contribution in [0.1, 0.15) is 60.1 Å². The number of benzene rings is 1. The zero-order valence-corrected chi connectivity index (χ0v) is 18.3. The van der Waals surface area contributed by atoms with Crippen LogP contribution in [0.25, 0.3) is 0 Å². The van der Waals surface area contributed by atoms with Crippen molar-refractivity contribution < 1.29 is 38.5 Å². The molecule has 0 bridgehead atoms. The molecule has 1 N–H and O–H groups in total. The first-order chi connectivity index (χ1) is 13.6. The van der Waals surface area contributed by atoms with Crippen molar-refractivity contribution in [2.24, 2.45) is 0 Å². The Morgan fingerprint density at radius 3 is 1.63 bits per heavy atom. The highest BCUT2D eigenvalue weighted by Crippen LogP contribution is 2.30. The largest absolute Gasteiger partial charge is 0.478 e. The maximum absolute atomic E-state index is 13.0. The molecule has 0 aliphatic rings. The zero-order chi connectivity index (χ0) is 23.3. The third kappa shape index (κ3) is 7.73. The molecule has 166 valence electrons. The second kappa shape index (κ2) is 9.60. The molecule has 0 aliphatic carbocycles. The summed E-state index contributed by atoms with van der Waals surface area (Å²) in [5.74, 6) is -2.44. The van der Waals surface area contributed by atoms with Gasteiger partial charge in [-0.1, -0.05) is 30.3 Å². The number of hydrogen-bond acceptors (Lipinski definition) is 7. The van der Waals surface area contributed by atoms with Crippen LogP contribution in [0.15, 0.2) is 30.3 Å². The summed E-state index contributed by atoms with van der Waals surface area (Å²) in [4.78, 5) is 50.0. The molecule has 0 saturated heterocycles. The maximum Gasteiger partial charge on any atom is 0.420 e. The van der Waals surface area contributed by atoms with E-state index < -0.39 is 47.5 Å². The van der Waals surface area contributed by atoms with E-state index in [1.807, 2.05) is 0 Å². The number of rotatable bonds is 5. The average Bonchev–Trinajstić information content (AvgIpc) is 2.54. The van der Waals surface area contributed by atoms with E-state index in [2.05, 4.69) is 0 Å². The molecule has 0 heterocycles. The summed E-state index contributed by atoms with van der Waals surface area (Å²) >= 11 is 0. The topological polar surface area (TPSA) is 119 Å². The number of carboxylic acids is 1. The normalized spacial score (nSPS) is 13.6. The van der Waals surface area contributed by atoms with Gasteiger partial charge in [-0.3, -0.25) is 4.79 Å². The van der Waals surface area contributed by atoms with E-state index in [4.69, 9.17) is 14.2 Å². The highest BCUT2D eigenvalue weighted by Gasteiger charge is 2.45. The lowest BCUT2D eigenvalue weighted by molar-refractivity contribution is -0.167. The minimum Gasteiger partial charge on any atom is -0.478 e. The molecule has 2 atom stereocenters. The van der Waals surface area contributed by atoms with E-state index in [0.717, 1.165) is 6.92 Å². The predicted molar refractivity (Wildman–Crippen MR) is 107 cm³/mol. The fourth-order valence-electron chi connectivity index (χ4n) is 2.46. The number of imide groups is 1. The van der Waals surface area contributed by atoms with E-state index in [0.29, 0.717) is 4.90 Å². The molecule has 2 amide bonds. The van der Waals surface area contributed by atoms with Crippen LogP contribution in [0.4, 0.5) is 9.59 Å². The SMILES string of the molecule is CC(=O)OC(C(=O)O)[C@H](c1ccccc1)N(C(=O)OC(C)(C)C)C(=O)OC(C)(C)C. The lowest BCUT2D eigenvalue weighted by atomic mass is 9.99. The predicted octanol–water partition coefficient (Wildman–Crippen LogP) is 3.92. The summed E-state index contributed by atoms with van der Waals surface area (Å²) < 4.78 is 15.6. The highest BCUT2D eigenvalue weighted by atomic mass is 16.6. The van der Waals surface area contributed by atoms with Gasteiger partial charge in [0.15, 0.2) is 0 Å². The smallest absolute Gasteiger partial charge is 0.420 e. The number of nitrogens with zero attached hydrogens (tertiary/aromatic N) is 1. The van der Waals surface area contributed by atoms with Crippen LogP contribution in [0.3, 0.4) is 0 Å². The summed E-state index contributed by atoms with van der Waals surface area (Å²) in [6.07, 6.45) is -4.15. The van der Waals surface area contributed by atoms with Gasteiger partial charge >= 0.3 is 24.1 Å². The minimum atomic E-state index is -1.88. The van der Waals surface area contributed by atoms with Gasteiger partial charge in [0, 0.05) is 6.92 Å². The van der Waals surface area contributed by atoms with Crippen molar-refractivity contribution in [3.8, 4) is 0 Å². The molecular weight excluding hydrogens is 394 g/mol. The molecule has 9 heteroatoms. The van der Waals surface area contributed by atoms with Crippen molar-refractivity contribution in [2.45, 2.75) is 71.8 Å². The number of amides is 2. The Morgan fingerprint density at radius 2 is 1.30 bits per heavy atom. The molecule has 0 radical (unpaired) electrons. The average molecular weight is 423 g/mol. The Balaban J connectivity index is 3.64. The third-order valence-electron chi connectivity index (χ3n) is 3.42. The first kappa shape index (κ1) is 24.9. The van der Waals surface area contributed by atoms with E-state index >= 15 is 0 Å². The number of esters is 1. The number of carboxylic acid groups (broad SMARTS) is 1. The van der Waals surface area contributed by atoms with Gasteiger partial charge in [0.1, 0.15) is 17.2 Å². The fraction of sp³-hybridized carbons (Fsp3) is 0.524. The highest BCUT2D eigenvalue weighted by molar-refractivity contribution is 5.90. The quantitative estimate of drug-likeness (QED) is 0.559. The van der Waals surface area contributed by atoms with Gasteiger partial charge in [-0.15, -0.1) is 0 Å². The van der Waals surface area contributed by atoms with Gasteiger partial charge in [-0.05, 0) is 47.1 Å². The number of carbonyl (C=O) groups excluding carboxylic acids is 3. The summed E-state index contributed by atoms with van der Waals surface area (Å²) in [6.45, 7) is 10.6. The molecule has 1 rings (SSSR count). The minimum absolute atomic E-state index is 0.239. The summed E-state index contributed by atoms with van der Waals surface area (Å²) in [6, 6.07) is 6.34. The molecule has 1 aromatic rings. The molecule has 1 aromatic carbocycles. The molecule has 0 fully saturated rings. The Morgan fingerprint density at radius 1 is 0.867 bits per heavy atom.